The molecule has 1 aromatic carbocycles. The molecule has 22 heavy (non-hydrogen) atoms. The van der Waals surface area contributed by atoms with Crippen molar-refractivity contribution in [2.45, 2.75) is 40.0 Å². The van der Waals surface area contributed by atoms with Crippen molar-refractivity contribution in [2.75, 3.05) is 11.9 Å². The molecule has 0 aliphatic carbocycles. The molecule has 2 rings (SSSR count). The van der Waals surface area contributed by atoms with Gasteiger partial charge >= 0.3 is 0 Å². The lowest BCUT2D eigenvalue weighted by molar-refractivity contribution is -0.116. The van der Waals surface area contributed by atoms with Crippen LogP contribution >= 0.6 is 11.3 Å². The average molecular weight is 317 g/mol. The Hall–Kier alpha value is -1.72. The summed E-state index contributed by atoms with van der Waals surface area (Å²) in [7, 11) is 0. The normalized spacial score (nSPS) is 11.0. The standard InChI is InChI=1S/C17H23N3OS/c1-10(2)16-15(13-9-11(3)5-6-12(13)4)20-17(22-16)19-14(21)7-8-18/h5-6,9-10H,7-8,18H2,1-4H3,(H,19,20,21). The molecule has 0 fully saturated rings. The molecule has 0 aliphatic rings. The third-order valence-corrected chi connectivity index (χ3v) is 4.72. The van der Waals surface area contributed by atoms with Crippen molar-refractivity contribution in [3.63, 3.8) is 0 Å². The zero-order valence-corrected chi connectivity index (χ0v) is 14.4. The second-order valence-electron chi connectivity index (χ2n) is 5.79. The monoisotopic (exact) mass is 317 g/mol. The number of benzene rings is 1. The largest absolute Gasteiger partial charge is 0.330 e. The molecule has 0 unspecified atom stereocenters. The van der Waals surface area contributed by atoms with Gasteiger partial charge in [0.2, 0.25) is 5.91 Å². The summed E-state index contributed by atoms with van der Waals surface area (Å²) >= 11 is 1.55. The van der Waals surface area contributed by atoms with Gasteiger partial charge in [-0.15, -0.1) is 11.3 Å². The van der Waals surface area contributed by atoms with Crippen LogP contribution in [0, 0.1) is 13.8 Å². The van der Waals surface area contributed by atoms with E-state index in [0.717, 1.165) is 11.3 Å². The molecule has 0 aliphatic heterocycles. The van der Waals surface area contributed by atoms with E-state index in [2.05, 4.69) is 56.2 Å². The number of aryl methyl sites for hydroxylation is 2. The molecule has 0 saturated heterocycles. The first-order chi connectivity index (χ1) is 10.4. The summed E-state index contributed by atoms with van der Waals surface area (Å²) in [5, 5.41) is 3.50. The topological polar surface area (TPSA) is 68.0 Å². The van der Waals surface area contributed by atoms with E-state index in [0.29, 0.717) is 24.0 Å². The Morgan fingerprint density at radius 1 is 1.36 bits per heavy atom. The van der Waals surface area contributed by atoms with E-state index in [9.17, 15) is 4.79 Å². The van der Waals surface area contributed by atoms with E-state index in [1.54, 1.807) is 11.3 Å². The molecule has 1 aromatic heterocycles. The highest BCUT2D eigenvalue weighted by molar-refractivity contribution is 7.16. The molecule has 0 radical (unpaired) electrons. The lowest BCUT2D eigenvalue weighted by Gasteiger charge is -2.09. The van der Waals surface area contributed by atoms with Crippen molar-refractivity contribution in [2.24, 2.45) is 5.73 Å². The summed E-state index contributed by atoms with van der Waals surface area (Å²) in [5.41, 5.74) is 9.93. The molecule has 5 heteroatoms. The van der Waals surface area contributed by atoms with E-state index < -0.39 is 0 Å². The number of hydrogen-bond donors (Lipinski definition) is 2. The highest BCUT2D eigenvalue weighted by atomic mass is 32.1. The lowest BCUT2D eigenvalue weighted by Crippen LogP contribution is -2.15. The van der Waals surface area contributed by atoms with Crippen LogP contribution in [0.3, 0.4) is 0 Å². The summed E-state index contributed by atoms with van der Waals surface area (Å²) in [6.07, 6.45) is 0.315. The number of thiazole rings is 1. The number of aromatic nitrogens is 1. The zero-order valence-electron chi connectivity index (χ0n) is 13.6. The van der Waals surface area contributed by atoms with Gasteiger partial charge in [0.1, 0.15) is 0 Å². The minimum Gasteiger partial charge on any atom is -0.330 e. The summed E-state index contributed by atoms with van der Waals surface area (Å²) in [4.78, 5) is 17.6. The van der Waals surface area contributed by atoms with Crippen LogP contribution in [0.5, 0.6) is 0 Å². The highest BCUT2D eigenvalue weighted by Crippen LogP contribution is 2.37. The van der Waals surface area contributed by atoms with Gasteiger partial charge in [-0.1, -0.05) is 31.5 Å². The van der Waals surface area contributed by atoms with Gasteiger partial charge in [0.05, 0.1) is 5.69 Å². The van der Waals surface area contributed by atoms with Crippen LogP contribution in [-0.2, 0) is 4.79 Å². The van der Waals surface area contributed by atoms with Crippen LogP contribution in [0.25, 0.3) is 11.3 Å². The fraction of sp³-hybridized carbons (Fsp3) is 0.412. The predicted octanol–water partition coefficient (Wildman–Crippen LogP) is 3.84. The molecule has 0 bridgehead atoms. The molecule has 1 amide bonds. The smallest absolute Gasteiger partial charge is 0.227 e. The minimum atomic E-state index is -0.0842. The molecule has 2 aromatic rings. The summed E-state index contributed by atoms with van der Waals surface area (Å²) in [6, 6.07) is 6.37. The number of nitrogens with one attached hydrogen (secondary N) is 1. The van der Waals surface area contributed by atoms with Crippen LogP contribution in [0.4, 0.5) is 5.13 Å². The summed E-state index contributed by atoms with van der Waals surface area (Å²) < 4.78 is 0. The Morgan fingerprint density at radius 3 is 2.73 bits per heavy atom. The molecule has 0 atom stereocenters. The van der Waals surface area contributed by atoms with Crippen molar-refractivity contribution in [3.8, 4) is 11.3 Å². The molecular formula is C17H23N3OS. The lowest BCUT2D eigenvalue weighted by atomic mass is 9.99. The first-order valence-corrected chi connectivity index (χ1v) is 8.32. The van der Waals surface area contributed by atoms with Gasteiger partial charge in [-0.3, -0.25) is 4.79 Å². The highest BCUT2D eigenvalue weighted by Gasteiger charge is 2.18. The van der Waals surface area contributed by atoms with Crippen molar-refractivity contribution in [3.05, 3.63) is 34.2 Å². The molecule has 3 N–H and O–H groups in total. The van der Waals surface area contributed by atoms with Crippen LogP contribution < -0.4 is 11.1 Å². The third kappa shape index (κ3) is 3.72. The zero-order chi connectivity index (χ0) is 16.3. The van der Waals surface area contributed by atoms with Crippen LogP contribution in [0.1, 0.15) is 42.2 Å². The first kappa shape index (κ1) is 16.6. The summed E-state index contributed by atoms with van der Waals surface area (Å²) in [6.45, 7) is 8.80. The number of carbonyl (C=O) groups is 1. The molecule has 0 spiro atoms. The molecule has 0 saturated carbocycles. The van der Waals surface area contributed by atoms with Gasteiger partial charge in [-0.05, 0) is 31.4 Å². The fourth-order valence-electron chi connectivity index (χ4n) is 2.27. The van der Waals surface area contributed by atoms with Crippen molar-refractivity contribution in [1.29, 1.82) is 0 Å². The second-order valence-corrected chi connectivity index (χ2v) is 6.82. The van der Waals surface area contributed by atoms with E-state index in [1.165, 1.54) is 16.0 Å². The quantitative estimate of drug-likeness (QED) is 0.880. The van der Waals surface area contributed by atoms with Gasteiger partial charge in [0.25, 0.3) is 0 Å². The number of hydrogen-bond acceptors (Lipinski definition) is 4. The second kappa shape index (κ2) is 7.03. The molecule has 4 nitrogen and oxygen atoms in total. The van der Waals surface area contributed by atoms with E-state index in [-0.39, 0.29) is 5.91 Å². The average Bonchev–Trinajstić information content (AvgIpc) is 2.85. The maximum Gasteiger partial charge on any atom is 0.227 e. The molecule has 1 heterocycles. The Balaban J connectivity index is 2.44. The van der Waals surface area contributed by atoms with Gasteiger partial charge in [-0.2, -0.15) is 0 Å². The summed E-state index contributed by atoms with van der Waals surface area (Å²) in [5.74, 6) is 0.270. The number of anilines is 1. The third-order valence-electron chi connectivity index (χ3n) is 3.44. The van der Waals surface area contributed by atoms with Crippen molar-refractivity contribution < 1.29 is 4.79 Å². The number of amides is 1. The van der Waals surface area contributed by atoms with Crippen molar-refractivity contribution >= 4 is 22.4 Å². The van der Waals surface area contributed by atoms with Crippen LogP contribution in [0.15, 0.2) is 18.2 Å². The molecule has 118 valence electrons. The fourth-order valence-corrected chi connectivity index (χ4v) is 3.27. The van der Waals surface area contributed by atoms with Gasteiger partial charge in [0, 0.05) is 23.4 Å². The maximum absolute atomic E-state index is 11.7. The number of carbonyl (C=O) groups excluding carboxylic acids is 1. The van der Waals surface area contributed by atoms with E-state index >= 15 is 0 Å². The Labute approximate surface area is 135 Å². The van der Waals surface area contributed by atoms with Gasteiger partial charge in [0.15, 0.2) is 5.13 Å². The number of nitrogens with two attached hydrogens (primary N) is 1. The molecular weight excluding hydrogens is 294 g/mol. The van der Waals surface area contributed by atoms with E-state index in [4.69, 9.17) is 5.73 Å². The maximum atomic E-state index is 11.7. The number of rotatable bonds is 5. The van der Waals surface area contributed by atoms with Crippen LogP contribution in [0.2, 0.25) is 0 Å². The van der Waals surface area contributed by atoms with E-state index in [1.807, 2.05) is 0 Å². The SMILES string of the molecule is Cc1ccc(C)c(-c2nc(NC(=O)CCN)sc2C(C)C)c1. The Morgan fingerprint density at radius 2 is 2.09 bits per heavy atom. The van der Waals surface area contributed by atoms with Gasteiger partial charge < -0.3 is 11.1 Å². The Bertz CT molecular complexity index is 677. The number of nitrogens with zero attached hydrogens (tertiary/aromatic N) is 1. The first-order valence-electron chi connectivity index (χ1n) is 7.50. The predicted molar refractivity (Wildman–Crippen MR) is 93.4 cm³/mol. The van der Waals surface area contributed by atoms with Crippen molar-refractivity contribution in [1.82, 2.24) is 4.98 Å². The Kier molecular flexibility index (Phi) is 5.32. The van der Waals surface area contributed by atoms with Gasteiger partial charge in [-0.25, -0.2) is 4.98 Å². The van der Waals surface area contributed by atoms with Crippen LogP contribution in [-0.4, -0.2) is 17.4 Å². The minimum absolute atomic E-state index is 0.0842.